The lowest BCUT2D eigenvalue weighted by Crippen LogP contribution is -2.61. The Balaban J connectivity index is 1.08. The Kier molecular flexibility index (Phi) is 10.7. The lowest BCUT2D eigenvalue weighted by molar-refractivity contribution is 0.590. The van der Waals surface area contributed by atoms with E-state index in [2.05, 4.69) is 65.8 Å². The molecule has 514 valence electrons. The molecule has 0 N–H and O–H groups in total. The first kappa shape index (κ1) is 45.7. The SMILES string of the molecule is [2H]c1c([2H])c(-n2c3c([2H])c([2H])c([2H])c([2H])c3c3c([2H])c([2H])c([2H])c([2H])c32)c([2H])c2c1B1c3c(cc(C(C)(C)C)cc3N(c3c(-c4ccccc4)cc(C(C)(C)C)cc3-c3ccc(-c4ccccc4)cc3)c3c([2H])c(-n4c5c([2H])c([2H])c([2H])c([2H])c5c5c([2H])c([2H])c([2H])c([2H])c54)c([2H])c([2H])c31)N2c1c(-c2ccccc2)cc(C(C)(C)C)cc1-c1ccc(-c2ccccc2)cc1. The molecule has 2 aromatic heterocycles. The number of rotatable bonds is 10. The lowest BCUT2D eigenvalue weighted by atomic mass is 9.33. The molecule has 17 aromatic rings. The molecule has 0 saturated carbocycles. The smallest absolute Gasteiger partial charge is 0.252 e. The van der Waals surface area contributed by atoms with E-state index in [4.69, 9.17) is 5.48 Å². The van der Waals surface area contributed by atoms with Crippen LogP contribution >= 0.6 is 0 Å². The van der Waals surface area contributed by atoms with E-state index >= 15 is 0 Å². The molecule has 0 aliphatic carbocycles. The van der Waals surface area contributed by atoms with E-state index in [0.29, 0.717) is 78.3 Å². The van der Waals surface area contributed by atoms with E-state index in [1.54, 1.807) is 0 Å². The number of aromatic nitrogens is 2. The van der Waals surface area contributed by atoms with Crippen molar-refractivity contribution in [3.63, 3.8) is 0 Å². The molecule has 19 rings (SSSR count). The Morgan fingerprint density at radius 1 is 0.271 bits per heavy atom. The van der Waals surface area contributed by atoms with Crippen LogP contribution in [0.1, 0.15) is 109 Å². The maximum Gasteiger partial charge on any atom is 0.252 e. The van der Waals surface area contributed by atoms with E-state index in [0.717, 1.165) is 42.5 Å². The summed E-state index contributed by atoms with van der Waals surface area (Å²) in [6.45, 7) is 17.1. The maximum absolute atomic E-state index is 11.9. The average Bonchev–Trinajstić information content (AvgIpc) is 1.23. The first-order valence-electron chi connectivity index (χ1n) is 47.0. The summed E-state index contributed by atoms with van der Waals surface area (Å²) in [5.74, 6) is 0. The standard InChI is InChI=1S/C102H83BN4/c1-100(2,3)74-58-83(70-34-18-12-19-35-70)98(85(60-74)72-50-46-68(47-51-72)66-30-14-10-15-31-66)106-93-64-77(104-89-42-26-22-38-79(89)80-39-23-27-43-90(80)104)54-56-87(93)103-88-57-55-78(105-91-44-28-24-40-81(91)82-41-25-29-45-92(82)105)65-94(88)107(96-63-76(102(7,8)9)62-95(106)97(96)103)99-84(71-36-20-13-21-37-71)59-75(101(4,5)6)61-86(99)73-52-48-69(49-53-73)67-32-16-11-17-33-67/h10-65H,1-9H3/i22D,23D,24D,25D,26D,27D,28D,29D,38D,39D,40D,41D,42D,43D,44D,45D,54D,55D,56D,57D,64D,65D. The number of hydrogen-bond donors (Lipinski definition) is 0. The van der Waals surface area contributed by atoms with Crippen LogP contribution in [0.4, 0.5) is 34.1 Å². The largest absolute Gasteiger partial charge is 0.310 e. The second kappa shape index (κ2) is 25.1. The predicted molar refractivity (Wildman–Crippen MR) is 458 cm³/mol. The molecule has 0 spiro atoms. The molecule has 0 fully saturated rings. The molecule has 2 aliphatic heterocycles. The van der Waals surface area contributed by atoms with Gasteiger partial charge < -0.3 is 18.9 Å². The van der Waals surface area contributed by atoms with Crippen LogP contribution in [-0.4, -0.2) is 15.8 Å². The van der Waals surface area contributed by atoms with Crippen molar-refractivity contribution in [1.82, 2.24) is 9.13 Å². The maximum atomic E-state index is 11.9. The molecular weight excluding hydrogens is 1290 g/mol. The monoisotopic (exact) mass is 1400 g/mol. The Labute approximate surface area is 659 Å². The van der Waals surface area contributed by atoms with Crippen molar-refractivity contribution in [2.75, 3.05) is 9.80 Å². The van der Waals surface area contributed by atoms with Crippen molar-refractivity contribution in [1.29, 1.82) is 0 Å². The minimum absolute atomic E-state index is 0.163. The molecule has 107 heavy (non-hydrogen) atoms. The number of benzene rings is 15. The van der Waals surface area contributed by atoms with E-state index in [1.807, 2.05) is 213 Å². The Hall–Kier alpha value is -12.4. The van der Waals surface area contributed by atoms with Crippen LogP contribution in [0.2, 0.25) is 0 Å². The van der Waals surface area contributed by atoms with Crippen LogP contribution < -0.4 is 26.2 Å². The fraction of sp³-hybridized carbons (Fsp3) is 0.118. The second-order valence-corrected chi connectivity index (χ2v) is 30.8. The van der Waals surface area contributed by atoms with E-state index < -0.39 is 189 Å². The summed E-state index contributed by atoms with van der Waals surface area (Å²) in [5, 5.41) is -1.42. The highest BCUT2D eigenvalue weighted by atomic mass is 15.2. The van der Waals surface area contributed by atoms with Crippen molar-refractivity contribution < 1.29 is 30.2 Å². The molecule has 0 unspecified atom stereocenters. The van der Waals surface area contributed by atoms with Crippen LogP contribution in [-0.2, 0) is 16.2 Å². The van der Waals surface area contributed by atoms with Gasteiger partial charge in [0.25, 0.3) is 6.71 Å². The average molecular weight is 1400 g/mol. The molecule has 15 aromatic carbocycles. The molecule has 4 heterocycles. The Bertz CT molecular complexity index is 7130. The normalized spacial score (nSPS) is 15.7. The van der Waals surface area contributed by atoms with Gasteiger partial charge in [-0.05, 0) is 179 Å². The molecule has 0 atom stereocenters. The summed E-state index contributed by atoms with van der Waals surface area (Å²) >= 11 is 0. The number of hydrogen-bond acceptors (Lipinski definition) is 2. The summed E-state index contributed by atoms with van der Waals surface area (Å²) in [6.07, 6.45) is 0. The van der Waals surface area contributed by atoms with Crippen LogP contribution in [0, 0.1) is 0 Å². The minimum Gasteiger partial charge on any atom is -0.310 e. The summed E-state index contributed by atoms with van der Waals surface area (Å²) in [5.41, 5.74) is 7.07. The molecule has 0 radical (unpaired) electrons. The van der Waals surface area contributed by atoms with Gasteiger partial charge in [-0.25, -0.2) is 0 Å². The summed E-state index contributed by atoms with van der Waals surface area (Å²) in [4.78, 5) is 3.81. The highest BCUT2D eigenvalue weighted by Gasteiger charge is 2.47. The van der Waals surface area contributed by atoms with Gasteiger partial charge in [0, 0.05) is 77.9 Å². The Morgan fingerprint density at radius 2 is 0.533 bits per heavy atom. The van der Waals surface area contributed by atoms with E-state index in [9.17, 15) is 24.7 Å². The summed E-state index contributed by atoms with van der Waals surface area (Å²) in [6, 6.07) is 51.8. The van der Waals surface area contributed by atoms with Crippen LogP contribution in [0.25, 0.3) is 122 Å². The van der Waals surface area contributed by atoms with E-state index in [1.165, 1.54) is 0 Å². The molecule has 0 saturated heterocycles. The third-order valence-electron chi connectivity index (χ3n) is 21.1. The van der Waals surface area contributed by atoms with Crippen molar-refractivity contribution in [2.45, 2.75) is 78.6 Å². The van der Waals surface area contributed by atoms with Gasteiger partial charge in [-0.3, -0.25) is 0 Å². The number of anilines is 6. The second-order valence-electron chi connectivity index (χ2n) is 30.8. The number of para-hydroxylation sites is 4. The van der Waals surface area contributed by atoms with Crippen LogP contribution in [0.3, 0.4) is 0 Å². The van der Waals surface area contributed by atoms with Crippen molar-refractivity contribution in [2.24, 2.45) is 0 Å². The number of nitrogens with zero attached hydrogens (tertiary/aromatic N) is 4. The van der Waals surface area contributed by atoms with Gasteiger partial charge in [-0.2, -0.15) is 0 Å². The summed E-state index contributed by atoms with van der Waals surface area (Å²) < 4.78 is 224. The van der Waals surface area contributed by atoms with Crippen molar-refractivity contribution in [3.8, 4) is 78.1 Å². The predicted octanol–water partition coefficient (Wildman–Crippen LogP) is 25.9. The van der Waals surface area contributed by atoms with E-state index in [-0.39, 0.29) is 43.8 Å². The van der Waals surface area contributed by atoms with Gasteiger partial charge >= 0.3 is 0 Å². The first-order valence-corrected chi connectivity index (χ1v) is 36.0. The zero-order valence-corrected chi connectivity index (χ0v) is 60.5. The highest BCUT2D eigenvalue weighted by Crippen LogP contribution is 2.56. The quantitative estimate of drug-likeness (QED) is 0.127. The minimum atomic E-state index is -1.67. The molecule has 5 heteroatoms. The topological polar surface area (TPSA) is 16.3 Å². The highest BCUT2D eigenvalue weighted by molar-refractivity contribution is 7.00. The van der Waals surface area contributed by atoms with Gasteiger partial charge in [0.15, 0.2) is 0 Å². The molecule has 0 amide bonds. The van der Waals surface area contributed by atoms with Gasteiger partial charge in [0.05, 0.1) is 63.6 Å². The lowest BCUT2D eigenvalue weighted by Gasteiger charge is -2.47. The molecule has 2 aliphatic rings. The first-order chi connectivity index (χ1) is 61.2. The van der Waals surface area contributed by atoms with Crippen molar-refractivity contribution in [3.05, 3.63) is 356 Å². The molecular formula is C102H83BN4. The van der Waals surface area contributed by atoms with Gasteiger partial charge in [0.2, 0.25) is 0 Å². The fourth-order valence-corrected chi connectivity index (χ4v) is 15.6. The summed E-state index contributed by atoms with van der Waals surface area (Å²) in [7, 11) is 0. The third kappa shape index (κ3) is 11.0. The molecule has 0 bridgehead atoms. The van der Waals surface area contributed by atoms with Crippen LogP contribution in [0.15, 0.2) is 339 Å². The van der Waals surface area contributed by atoms with Gasteiger partial charge in [-0.15, -0.1) is 0 Å². The van der Waals surface area contributed by atoms with Crippen LogP contribution in [0.5, 0.6) is 0 Å². The Morgan fingerprint density at radius 3 is 0.841 bits per heavy atom. The third-order valence-corrected chi connectivity index (χ3v) is 21.1. The number of fused-ring (bicyclic) bond motifs is 10. The van der Waals surface area contributed by atoms with Gasteiger partial charge in [0.1, 0.15) is 0 Å². The van der Waals surface area contributed by atoms with Gasteiger partial charge in [-0.1, -0.05) is 317 Å². The van der Waals surface area contributed by atoms with Crippen molar-refractivity contribution >= 4 is 101 Å². The molecule has 4 nitrogen and oxygen atoms in total. The fourth-order valence-electron chi connectivity index (χ4n) is 15.6. The zero-order valence-electron chi connectivity index (χ0n) is 82.5. The zero-order chi connectivity index (χ0) is 91.8.